The Morgan fingerprint density at radius 2 is 1.81 bits per heavy atom. The third kappa shape index (κ3) is 5.51. The van der Waals surface area contributed by atoms with E-state index in [0.717, 1.165) is 19.6 Å². The SMILES string of the molecule is CC(C)NC(=O)Cn1c(-c2cccc(Cl)c2)nn(-c2ccc(CC(C)N3C4CCC3COC4)cc2)c1=O. The van der Waals surface area contributed by atoms with Gasteiger partial charge in [-0.25, -0.2) is 4.79 Å². The van der Waals surface area contributed by atoms with Crippen LogP contribution in [0, 0.1) is 0 Å². The number of carbonyl (C=O) groups is 1. The highest BCUT2D eigenvalue weighted by molar-refractivity contribution is 6.30. The summed E-state index contributed by atoms with van der Waals surface area (Å²) < 4.78 is 8.49. The topological polar surface area (TPSA) is 81.4 Å². The molecule has 0 aliphatic carbocycles. The molecule has 2 bridgehead atoms. The average molecular weight is 524 g/mol. The molecule has 3 aromatic rings. The molecule has 2 fully saturated rings. The van der Waals surface area contributed by atoms with Crippen molar-refractivity contribution in [3.63, 3.8) is 0 Å². The van der Waals surface area contributed by atoms with Gasteiger partial charge in [0, 0.05) is 34.8 Å². The van der Waals surface area contributed by atoms with Crippen LogP contribution < -0.4 is 11.0 Å². The average Bonchev–Trinajstić information content (AvgIpc) is 3.31. The Labute approximate surface area is 222 Å². The van der Waals surface area contributed by atoms with E-state index in [-0.39, 0.29) is 24.2 Å². The Balaban J connectivity index is 1.40. The standard InChI is InChI=1S/C28H34ClN5O3/c1-18(2)30-26(35)15-32-27(21-5-4-6-22(29)14-21)31-34(28(32)36)23-9-7-20(8-10-23)13-19(3)33-24-11-12-25(33)17-37-16-24/h4-10,14,18-19,24-25H,11-13,15-17H2,1-3H3,(H,30,35). The van der Waals surface area contributed by atoms with Crippen molar-refractivity contribution >= 4 is 17.5 Å². The Morgan fingerprint density at radius 1 is 1.11 bits per heavy atom. The second-order valence-electron chi connectivity index (χ2n) is 10.4. The van der Waals surface area contributed by atoms with Crippen LogP contribution in [0.5, 0.6) is 0 Å². The first-order valence-electron chi connectivity index (χ1n) is 13.0. The van der Waals surface area contributed by atoms with Crippen LogP contribution in [-0.4, -0.2) is 62.5 Å². The van der Waals surface area contributed by atoms with E-state index in [1.54, 1.807) is 18.2 Å². The number of rotatable bonds is 8. The lowest BCUT2D eigenvalue weighted by molar-refractivity contribution is -0.122. The predicted octanol–water partition coefficient (Wildman–Crippen LogP) is 3.67. The van der Waals surface area contributed by atoms with Gasteiger partial charge in [0.15, 0.2) is 5.82 Å². The van der Waals surface area contributed by atoms with Gasteiger partial charge in [-0.15, -0.1) is 5.10 Å². The maximum absolute atomic E-state index is 13.5. The van der Waals surface area contributed by atoms with Crippen molar-refractivity contribution in [2.45, 2.75) is 70.7 Å². The minimum Gasteiger partial charge on any atom is -0.378 e. The summed E-state index contributed by atoms with van der Waals surface area (Å²) in [5.74, 6) is 0.147. The lowest BCUT2D eigenvalue weighted by Crippen LogP contribution is -2.50. The molecule has 5 rings (SSSR count). The summed E-state index contributed by atoms with van der Waals surface area (Å²) in [6.45, 7) is 7.58. The fourth-order valence-corrected chi connectivity index (χ4v) is 5.85. The van der Waals surface area contributed by atoms with Gasteiger partial charge in [-0.05, 0) is 69.9 Å². The largest absolute Gasteiger partial charge is 0.378 e. The molecule has 3 heterocycles. The number of carbonyl (C=O) groups excluding carboxylic acids is 1. The van der Waals surface area contributed by atoms with Crippen LogP contribution in [0.25, 0.3) is 17.1 Å². The van der Waals surface area contributed by atoms with Gasteiger partial charge in [-0.1, -0.05) is 35.9 Å². The number of nitrogens with zero attached hydrogens (tertiary/aromatic N) is 4. The fourth-order valence-electron chi connectivity index (χ4n) is 5.66. The molecule has 3 unspecified atom stereocenters. The summed E-state index contributed by atoms with van der Waals surface area (Å²) in [7, 11) is 0. The van der Waals surface area contributed by atoms with Crippen molar-refractivity contribution in [3.8, 4) is 17.1 Å². The summed E-state index contributed by atoms with van der Waals surface area (Å²) in [4.78, 5) is 28.6. The molecular formula is C28H34ClN5O3. The molecule has 0 radical (unpaired) electrons. The van der Waals surface area contributed by atoms with E-state index >= 15 is 0 Å². The van der Waals surface area contributed by atoms with Crippen molar-refractivity contribution in [2.24, 2.45) is 0 Å². The van der Waals surface area contributed by atoms with Crippen molar-refractivity contribution in [1.82, 2.24) is 24.6 Å². The van der Waals surface area contributed by atoms with E-state index in [9.17, 15) is 9.59 Å². The summed E-state index contributed by atoms with van der Waals surface area (Å²) in [5.41, 5.74) is 2.16. The minimum absolute atomic E-state index is 0.0320. The Hall–Kier alpha value is -2.94. The molecular weight excluding hydrogens is 490 g/mol. The van der Waals surface area contributed by atoms with Crippen molar-refractivity contribution < 1.29 is 9.53 Å². The van der Waals surface area contributed by atoms with E-state index in [1.807, 2.05) is 32.0 Å². The number of aromatic nitrogens is 3. The molecule has 37 heavy (non-hydrogen) atoms. The summed E-state index contributed by atoms with van der Waals surface area (Å²) in [5, 5.41) is 8.00. The van der Waals surface area contributed by atoms with E-state index in [4.69, 9.17) is 16.3 Å². The van der Waals surface area contributed by atoms with Crippen molar-refractivity contribution in [2.75, 3.05) is 13.2 Å². The zero-order valence-electron chi connectivity index (χ0n) is 21.6. The van der Waals surface area contributed by atoms with E-state index in [2.05, 4.69) is 34.4 Å². The zero-order chi connectivity index (χ0) is 26.1. The molecule has 8 nitrogen and oxygen atoms in total. The quantitative estimate of drug-likeness (QED) is 0.487. The van der Waals surface area contributed by atoms with Gasteiger partial charge in [-0.3, -0.25) is 14.3 Å². The summed E-state index contributed by atoms with van der Waals surface area (Å²) >= 11 is 6.21. The summed E-state index contributed by atoms with van der Waals surface area (Å²) in [6.07, 6.45) is 3.35. The minimum atomic E-state index is -0.375. The molecule has 2 aliphatic heterocycles. The molecule has 2 saturated heterocycles. The van der Waals surface area contributed by atoms with Crippen molar-refractivity contribution in [3.05, 3.63) is 69.6 Å². The molecule has 0 saturated carbocycles. The zero-order valence-corrected chi connectivity index (χ0v) is 22.3. The number of hydrogen-bond acceptors (Lipinski definition) is 5. The number of morpholine rings is 1. The lowest BCUT2D eigenvalue weighted by Gasteiger charge is -2.39. The number of fused-ring (bicyclic) bond motifs is 2. The Morgan fingerprint density at radius 3 is 2.46 bits per heavy atom. The maximum Gasteiger partial charge on any atom is 0.351 e. The van der Waals surface area contributed by atoms with Crippen LogP contribution in [0.1, 0.15) is 39.2 Å². The molecule has 3 atom stereocenters. The van der Waals surface area contributed by atoms with Gasteiger partial charge in [0.05, 0.1) is 18.9 Å². The van der Waals surface area contributed by atoms with Crippen LogP contribution in [0.15, 0.2) is 53.3 Å². The molecule has 196 valence electrons. The van der Waals surface area contributed by atoms with Crippen LogP contribution in [0.4, 0.5) is 0 Å². The first-order chi connectivity index (χ1) is 17.8. The molecule has 2 aliphatic rings. The molecule has 0 spiro atoms. The maximum atomic E-state index is 13.5. The van der Waals surface area contributed by atoms with Gasteiger partial charge in [-0.2, -0.15) is 4.68 Å². The van der Waals surface area contributed by atoms with Gasteiger partial charge in [0.1, 0.15) is 6.54 Å². The molecule has 1 aromatic heterocycles. The molecule has 2 aromatic carbocycles. The smallest absolute Gasteiger partial charge is 0.351 e. The fraction of sp³-hybridized carbons (Fsp3) is 0.464. The van der Waals surface area contributed by atoms with E-state index in [0.29, 0.717) is 40.2 Å². The number of hydrogen-bond donors (Lipinski definition) is 1. The normalized spacial score (nSPS) is 20.4. The third-order valence-corrected chi connectivity index (χ3v) is 7.45. The Kier molecular flexibility index (Phi) is 7.51. The first-order valence-corrected chi connectivity index (χ1v) is 13.4. The third-order valence-electron chi connectivity index (χ3n) is 7.21. The molecule has 1 amide bonds. The number of benzene rings is 2. The lowest BCUT2D eigenvalue weighted by atomic mass is 10.0. The monoisotopic (exact) mass is 523 g/mol. The van der Waals surface area contributed by atoms with Crippen LogP contribution in [0.3, 0.4) is 0 Å². The van der Waals surface area contributed by atoms with E-state index in [1.165, 1.54) is 27.7 Å². The van der Waals surface area contributed by atoms with Crippen LogP contribution in [0.2, 0.25) is 5.02 Å². The number of ether oxygens (including phenoxy) is 1. The molecule has 1 N–H and O–H groups in total. The van der Waals surface area contributed by atoms with Gasteiger partial charge in [0.2, 0.25) is 5.91 Å². The van der Waals surface area contributed by atoms with Crippen LogP contribution in [-0.2, 0) is 22.5 Å². The number of halogens is 1. The van der Waals surface area contributed by atoms with Gasteiger partial charge >= 0.3 is 5.69 Å². The predicted molar refractivity (Wildman–Crippen MR) is 144 cm³/mol. The highest BCUT2D eigenvalue weighted by Gasteiger charge is 2.39. The van der Waals surface area contributed by atoms with Gasteiger partial charge < -0.3 is 10.1 Å². The van der Waals surface area contributed by atoms with Gasteiger partial charge in [0.25, 0.3) is 0 Å². The highest BCUT2D eigenvalue weighted by Crippen LogP contribution is 2.31. The number of amides is 1. The second kappa shape index (κ2) is 10.8. The molecule has 9 heteroatoms. The number of nitrogens with one attached hydrogen (secondary N) is 1. The Bertz CT molecular complexity index is 1300. The van der Waals surface area contributed by atoms with E-state index < -0.39 is 0 Å². The van der Waals surface area contributed by atoms with Crippen LogP contribution >= 0.6 is 11.6 Å². The first kappa shape index (κ1) is 25.7. The second-order valence-corrected chi connectivity index (χ2v) is 10.9. The van der Waals surface area contributed by atoms with Crippen molar-refractivity contribution in [1.29, 1.82) is 0 Å². The summed E-state index contributed by atoms with van der Waals surface area (Å²) in [6, 6.07) is 16.5. The highest BCUT2D eigenvalue weighted by atomic mass is 35.5.